The maximum atomic E-state index is 10.3. The topological polar surface area (TPSA) is 35.5 Å². The predicted molar refractivity (Wildman–Crippen MR) is 29.4 cm³/mol. The molecule has 0 saturated heterocycles. The molecular weight excluding hydrogens is 120 g/mol. The maximum absolute atomic E-state index is 10.3. The standard InChI is InChI=1S/C6H6O3/c7-6-8-4-2-1-3-5-9-6/h1-2,4H2. The Hall–Kier alpha value is -1.17. The van der Waals surface area contributed by atoms with Crippen molar-refractivity contribution in [3.63, 3.8) is 0 Å². The Bertz CT molecular complexity index is 163. The number of carbonyl (C=O) groups is 1. The maximum Gasteiger partial charge on any atom is 0.522 e. The van der Waals surface area contributed by atoms with Crippen LogP contribution in [0.15, 0.2) is 0 Å². The molecule has 0 radical (unpaired) electrons. The van der Waals surface area contributed by atoms with Crippen molar-refractivity contribution in [2.45, 2.75) is 12.8 Å². The molecule has 1 heterocycles. The Morgan fingerprint density at radius 2 is 2.44 bits per heavy atom. The van der Waals surface area contributed by atoms with Crippen molar-refractivity contribution in [3.8, 4) is 12.0 Å². The molecule has 3 nitrogen and oxygen atoms in total. The van der Waals surface area contributed by atoms with Gasteiger partial charge in [-0.3, -0.25) is 0 Å². The molecule has 48 valence electrons. The van der Waals surface area contributed by atoms with Gasteiger partial charge in [0.25, 0.3) is 0 Å². The number of hydrogen-bond donors (Lipinski definition) is 0. The third-order valence-corrected chi connectivity index (χ3v) is 0.873. The van der Waals surface area contributed by atoms with Crippen LogP contribution in [0.4, 0.5) is 4.79 Å². The summed E-state index contributed by atoms with van der Waals surface area (Å²) in [5.74, 6) is 2.64. The lowest BCUT2D eigenvalue weighted by Crippen LogP contribution is -2.06. The van der Waals surface area contributed by atoms with Crippen LogP contribution in [0, 0.1) is 12.0 Å². The van der Waals surface area contributed by atoms with Crippen molar-refractivity contribution in [3.05, 3.63) is 0 Å². The lowest BCUT2D eigenvalue weighted by molar-refractivity contribution is 0.0877. The summed E-state index contributed by atoms with van der Waals surface area (Å²) in [5.41, 5.74) is 0. The van der Waals surface area contributed by atoms with E-state index in [0.717, 1.165) is 12.8 Å². The van der Waals surface area contributed by atoms with Crippen molar-refractivity contribution in [2.24, 2.45) is 0 Å². The van der Waals surface area contributed by atoms with Gasteiger partial charge in [-0.1, -0.05) is 5.92 Å². The van der Waals surface area contributed by atoms with Gasteiger partial charge in [-0.05, 0) is 6.42 Å². The minimum Gasteiger partial charge on any atom is -0.433 e. The highest BCUT2D eigenvalue weighted by Crippen LogP contribution is 1.93. The summed E-state index contributed by atoms with van der Waals surface area (Å²) in [5, 5.41) is 0. The Morgan fingerprint density at radius 1 is 1.56 bits per heavy atom. The first-order valence-corrected chi connectivity index (χ1v) is 2.71. The normalized spacial score (nSPS) is 17.6. The molecule has 3 heteroatoms. The number of cyclic esters (lactones) is 2. The quantitative estimate of drug-likeness (QED) is 0.357. The van der Waals surface area contributed by atoms with Crippen molar-refractivity contribution >= 4 is 6.16 Å². The molecule has 0 N–H and O–H groups in total. The molecule has 0 saturated carbocycles. The molecular formula is C6H6O3. The molecule has 0 spiro atoms. The molecule has 1 aliphatic rings. The van der Waals surface area contributed by atoms with E-state index in [9.17, 15) is 4.79 Å². The average Bonchev–Trinajstić information content (AvgIpc) is 1.79. The van der Waals surface area contributed by atoms with E-state index in [2.05, 4.69) is 21.5 Å². The van der Waals surface area contributed by atoms with E-state index >= 15 is 0 Å². The van der Waals surface area contributed by atoms with E-state index in [-0.39, 0.29) is 0 Å². The smallest absolute Gasteiger partial charge is 0.433 e. The number of hydrogen-bond acceptors (Lipinski definition) is 3. The molecule has 0 aromatic carbocycles. The molecule has 0 fully saturated rings. The van der Waals surface area contributed by atoms with E-state index in [4.69, 9.17) is 0 Å². The average molecular weight is 126 g/mol. The van der Waals surface area contributed by atoms with E-state index < -0.39 is 6.16 Å². The van der Waals surface area contributed by atoms with Crippen molar-refractivity contribution in [1.29, 1.82) is 0 Å². The van der Waals surface area contributed by atoms with Gasteiger partial charge in [0.15, 0.2) is 0 Å². The van der Waals surface area contributed by atoms with Crippen molar-refractivity contribution < 1.29 is 14.3 Å². The fourth-order valence-corrected chi connectivity index (χ4v) is 0.474. The molecule has 0 bridgehead atoms. The van der Waals surface area contributed by atoms with Crippen LogP contribution in [-0.2, 0) is 9.47 Å². The van der Waals surface area contributed by atoms with E-state index in [0.29, 0.717) is 6.61 Å². The minimum absolute atomic E-state index is 0.410. The number of ether oxygens (including phenoxy) is 2. The first-order chi connectivity index (χ1) is 4.39. The van der Waals surface area contributed by atoms with Gasteiger partial charge in [-0.15, -0.1) is 0 Å². The molecule has 0 unspecified atom stereocenters. The zero-order chi connectivity index (χ0) is 6.53. The minimum atomic E-state index is -0.692. The van der Waals surface area contributed by atoms with Gasteiger partial charge in [0.05, 0.1) is 6.61 Å². The van der Waals surface area contributed by atoms with Gasteiger partial charge in [-0.25, -0.2) is 4.79 Å². The van der Waals surface area contributed by atoms with Crippen LogP contribution in [-0.4, -0.2) is 12.8 Å². The second-order valence-corrected chi connectivity index (χ2v) is 1.58. The molecule has 1 rings (SSSR count). The van der Waals surface area contributed by atoms with Crippen LogP contribution >= 0.6 is 0 Å². The second kappa shape index (κ2) is 2.98. The van der Waals surface area contributed by atoms with E-state index in [1.165, 1.54) is 0 Å². The van der Waals surface area contributed by atoms with E-state index in [1.807, 2.05) is 0 Å². The Morgan fingerprint density at radius 3 is 3.33 bits per heavy atom. The van der Waals surface area contributed by atoms with Gasteiger partial charge in [0, 0.05) is 6.42 Å². The molecule has 0 aromatic rings. The fourth-order valence-electron chi connectivity index (χ4n) is 0.474. The Labute approximate surface area is 52.9 Å². The lowest BCUT2D eigenvalue weighted by Gasteiger charge is -2.00. The summed E-state index contributed by atoms with van der Waals surface area (Å²) >= 11 is 0. The highest BCUT2D eigenvalue weighted by Gasteiger charge is 2.01. The molecule has 1 aliphatic heterocycles. The Kier molecular flexibility index (Phi) is 1.97. The summed E-state index contributed by atoms with van der Waals surface area (Å²) in [6, 6.07) is 0. The third-order valence-electron chi connectivity index (χ3n) is 0.873. The first kappa shape index (κ1) is 5.96. The first-order valence-electron chi connectivity index (χ1n) is 2.71. The number of rotatable bonds is 0. The highest BCUT2D eigenvalue weighted by molar-refractivity contribution is 5.61. The summed E-state index contributed by atoms with van der Waals surface area (Å²) in [6.07, 6.45) is 3.04. The zero-order valence-corrected chi connectivity index (χ0v) is 4.85. The van der Waals surface area contributed by atoms with Crippen LogP contribution < -0.4 is 0 Å². The van der Waals surface area contributed by atoms with Gasteiger partial charge < -0.3 is 9.47 Å². The predicted octanol–water partition coefficient (Wildman–Crippen LogP) is 0.894. The molecule has 0 amide bonds. The van der Waals surface area contributed by atoms with E-state index in [1.54, 1.807) is 0 Å². The molecule has 0 aromatic heterocycles. The zero-order valence-electron chi connectivity index (χ0n) is 4.85. The number of carbonyl (C=O) groups excluding carboxylic acids is 1. The lowest BCUT2D eigenvalue weighted by atomic mass is 10.3. The fraction of sp³-hybridized carbons (Fsp3) is 0.500. The monoisotopic (exact) mass is 126 g/mol. The summed E-state index contributed by atoms with van der Waals surface area (Å²) in [7, 11) is 0. The van der Waals surface area contributed by atoms with Gasteiger partial charge in [0.1, 0.15) is 6.11 Å². The van der Waals surface area contributed by atoms with Crippen LogP contribution in [0.25, 0.3) is 0 Å². The van der Waals surface area contributed by atoms with Gasteiger partial charge in [0.2, 0.25) is 0 Å². The van der Waals surface area contributed by atoms with Crippen LogP contribution in [0.1, 0.15) is 12.8 Å². The van der Waals surface area contributed by atoms with Crippen LogP contribution in [0.2, 0.25) is 0 Å². The highest BCUT2D eigenvalue weighted by atomic mass is 16.7. The van der Waals surface area contributed by atoms with Crippen LogP contribution in [0.5, 0.6) is 0 Å². The molecule has 9 heavy (non-hydrogen) atoms. The van der Waals surface area contributed by atoms with Gasteiger partial charge >= 0.3 is 6.16 Å². The van der Waals surface area contributed by atoms with Gasteiger partial charge in [-0.2, -0.15) is 0 Å². The summed E-state index contributed by atoms with van der Waals surface area (Å²) < 4.78 is 8.78. The summed E-state index contributed by atoms with van der Waals surface area (Å²) in [6.45, 7) is 0.410. The molecule has 0 atom stereocenters. The van der Waals surface area contributed by atoms with Crippen LogP contribution in [0.3, 0.4) is 0 Å². The largest absolute Gasteiger partial charge is 0.522 e. The molecule has 0 aliphatic carbocycles. The van der Waals surface area contributed by atoms with Crippen molar-refractivity contribution in [1.82, 2.24) is 0 Å². The SMILES string of the molecule is O=C1OC#CCCCO1. The Balaban J connectivity index is 2.44. The second-order valence-electron chi connectivity index (χ2n) is 1.58. The third kappa shape index (κ3) is 2.04. The van der Waals surface area contributed by atoms with Crippen molar-refractivity contribution in [2.75, 3.05) is 6.61 Å². The summed E-state index contributed by atoms with van der Waals surface area (Å²) in [4.78, 5) is 10.3.